The molecule has 0 aliphatic heterocycles. The fraction of sp³-hybridized carbons (Fsp3) is 0.417. The quantitative estimate of drug-likeness (QED) is 0.841. The molecule has 0 aliphatic carbocycles. The predicted molar refractivity (Wildman–Crippen MR) is 69.5 cm³/mol. The van der Waals surface area contributed by atoms with Crippen molar-refractivity contribution >= 4 is 11.6 Å². The van der Waals surface area contributed by atoms with Gasteiger partial charge >= 0.3 is 0 Å². The Bertz CT molecular complexity index is 523. The smallest absolute Gasteiger partial charge is 0.213 e. The van der Waals surface area contributed by atoms with Crippen molar-refractivity contribution in [1.29, 1.82) is 0 Å². The minimum atomic E-state index is 0.515. The first-order chi connectivity index (χ1) is 8.74. The van der Waals surface area contributed by atoms with Crippen molar-refractivity contribution in [1.82, 2.24) is 15.0 Å². The first-order valence-corrected chi connectivity index (χ1v) is 5.91. The fourth-order valence-electron chi connectivity index (χ4n) is 1.76. The molecule has 18 heavy (non-hydrogen) atoms. The normalized spacial score (nSPS) is 10.4. The molecule has 2 rings (SSSR count). The summed E-state index contributed by atoms with van der Waals surface area (Å²) in [6, 6.07) is 0. The van der Waals surface area contributed by atoms with Gasteiger partial charge in [-0.3, -0.25) is 0 Å². The molecule has 2 aromatic rings. The van der Waals surface area contributed by atoms with Gasteiger partial charge in [-0.2, -0.15) is 0 Å². The Morgan fingerprint density at radius 3 is 2.61 bits per heavy atom. The van der Waals surface area contributed by atoms with E-state index in [1.807, 2.05) is 14.0 Å². The van der Waals surface area contributed by atoms with E-state index in [9.17, 15) is 0 Å². The lowest BCUT2D eigenvalue weighted by atomic mass is 10.2. The number of nitrogens with one attached hydrogen (secondary N) is 2. The van der Waals surface area contributed by atoms with Crippen molar-refractivity contribution < 1.29 is 4.42 Å². The highest BCUT2D eigenvalue weighted by Gasteiger charge is 2.09. The van der Waals surface area contributed by atoms with Crippen LogP contribution in [0.2, 0.25) is 0 Å². The number of aromatic nitrogens is 3. The number of aryl methyl sites for hydroxylation is 1. The van der Waals surface area contributed by atoms with Crippen molar-refractivity contribution in [3.05, 3.63) is 29.7 Å². The Morgan fingerprint density at radius 1 is 1.22 bits per heavy atom. The van der Waals surface area contributed by atoms with Crippen molar-refractivity contribution in [3.8, 4) is 0 Å². The lowest BCUT2D eigenvalue weighted by Crippen LogP contribution is -2.08. The van der Waals surface area contributed by atoms with E-state index in [1.54, 1.807) is 6.20 Å². The first kappa shape index (κ1) is 12.3. The van der Waals surface area contributed by atoms with E-state index < -0.39 is 0 Å². The second-order valence-corrected chi connectivity index (χ2v) is 3.87. The molecule has 0 spiro atoms. The highest BCUT2D eigenvalue weighted by Crippen LogP contribution is 2.20. The lowest BCUT2D eigenvalue weighted by Gasteiger charge is -2.11. The molecule has 96 valence electrons. The average Bonchev–Trinajstić information content (AvgIpc) is 2.81. The summed E-state index contributed by atoms with van der Waals surface area (Å²) in [5.74, 6) is 3.12. The molecule has 0 aromatic carbocycles. The number of rotatable bonds is 5. The van der Waals surface area contributed by atoms with E-state index in [0.29, 0.717) is 12.4 Å². The van der Waals surface area contributed by atoms with Crippen LogP contribution in [0.1, 0.15) is 24.1 Å². The molecule has 2 N–H and O–H groups in total. The highest BCUT2D eigenvalue weighted by atomic mass is 16.4. The standard InChI is InChI=1S/C12H17N5O/c1-4-9-11(13-3)16-7-17-12(9)15-6-10-14-5-8(2)18-10/h5,7H,4,6H2,1-3H3,(H2,13,15,16,17). The summed E-state index contributed by atoms with van der Waals surface area (Å²) in [6.07, 6.45) is 4.09. The summed E-state index contributed by atoms with van der Waals surface area (Å²) < 4.78 is 5.40. The molecule has 0 amide bonds. The molecule has 2 heterocycles. The number of oxazole rings is 1. The van der Waals surface area contributed by atoms with Crippen molar-refractivity contribution in [3.63, 3.8) is 0 Å². The van der Waals surface area contributed by atoms with Gasteiger partial charge in [0.2, 0.25) is 5.89 Å². The van der Waals surface area contributed by atoms with Gasteiger partial charge in [-0.25, -0.2) is 15.0 Å². The van der Waals surface area contributed by atoms with Gasteiger partial charge in [-0.15, -0.1) is 0 Å². The average molecular weight is 247 g/mol. The summed E-state index contributed by atoms with van der Waals surface area (Å²) in [6.45, 7) is 4.46. The van der Waals surface area contributed by atoms with Gasteiger partial charge in [0.05, 0.1) is 12.7 Å². The number of hydrogen-bond acceptors (Lipinski definition) is 6. The molecule has 0 aliphatic rings. The zero-order valence-corrected chi connectivity index (χ0v) is 10.8. The van der Waals surface area contributed by atoms with Gasteiger partial charge < -0.3 is 15.1 Å². The molecule has 0 fully saturated rings. The summed E-state index contributed by atoms with van der Waals surface area (Å²) in [4.78, 5) is 12.6. The van der Waals surface area contributed by atoms with Crippen molar-refractivity contribution in [2.45, 2.75) is 26.8 Å². The Labute approximate surface area is 106 Å². The maximum absolute atomic E-state index is 5.40. The van der Waals surface area contributed by atoms with Crippen LogP contribution in [-0.4, -0.2) is 22.0 Å². The molecule has 6 heteroatoms. The van der Waals surface area contributed by atoms with Crippen LogP contribution in [0.15, 0.2) is 16.9 Å². The topological polar surface area (TPSA) is 75.9 Å². The summed E-state index contributed by atoms with van der Waals surface area (Å²) in [5.41, 5.74) is 1.06. The number of anilines is 2. The van der Waals surface area contributed by atoms with Gasteiger partial charge in [-0.05, 0) is 13.3 Å². The van der Waals surface area contributed by atoms with Crippen molar-refractivity contribution in [2.24, 2.45) is 0 Å². The third kappa shape index (κ3) is 2.58. The second-order valence-electron chi connectivity index (χ2n) is 3.87. The third-order valence-electron chi connectivity index (χ3n) is 2.61. The molecule has 0 unspecified atom stereocenters. The summed E-state index contributed by atoms with van der Waals surface area (Å²) >= 11 is 0. The van der Waals surface area contributed by atoms with Crippen LogP contribution in [0.4, 0.5) is 11.6 Å². The van der Waals surface area contributed by atoms with Gasteiger partial charge in [-0.1, -0.05) is 6.92 Å². The van der Waals surface area contributed by atoms with Crippen molar-refractivity contribution in [2.75, 3.05) is 17.7 Å². The van der Waals surface area contributed by atoms with Gasteiger partial charge in [0.25, 0.3) is 0 Å². The zero-order valence-electron chi connectivity index (χ0n) is 10.8. The van der Waals surface area contributed by atoms with E-state index in [1.165, 1.54) is 6.33 Å². The monoisotopic (exact) mass is 247 g/mol. The van der Waals surface area contributed by atoms with Crippen LogP contribution in [0.25, 0.3) is 0 Å². The summed E-state index contributed by atoms with van der Waals surface area (Å²) in [5, 5.41) is 6.28. The van der Waals surface area contributed by atoms with Crippen LogP contribution in [0.5, 0.6) is 0 Å². The molecule has 0 saturated carbocycles. The first-order valence-electron chi connectivity index (χ1n) is 5.91. The molecule has 2 aromatic heterocycles. The maximum Gasteiger partial charge on any atom is 0.213 e. The molecular weight excluding hydrogens is 230 g/mol. The summed E-state index contributed by atoms with van der Waals surface area (Å²) in [7, 11) is 1.85. The largest absolute Gasteiger partial charge is 0.444 e. The molecule has 0 radical (unpaired) electrons. The van der Waals surface area contributed by atoms with Crippen LogP contribution in [0.3, 0.4) is 0 Å². The van der Waals surface area contributed by atoms with Gasteiger partial charge in [0.15, 0.2) is 0 Å². The van der Waals surface area contributed by atoms with Crippen LogP contribution in [-0.2, 0) is 13.0 Å². The Hall–Kier alpha value is -2.11. The van der Waals surface area contributed by atoms with E-state index in [0.717, 1.165) is 29.4 Å². The molecule has 0 saturated heterocycles. The van der Waals surface area contributed by atoms with Crippen LogP contribution >= 0.6 is 0 Å². The lowest BCUT2D eigenvalue weighted by molar-refractivity contribution is 0.478. The molecule has 0 bridgehead atoms. The fourth-order valence-corrected chi connectivity index (χ4v) is 1.76. The van der Waals surface area contributed by atoms with Crippen LogP contribution in [0, 0.1) is 6.92 Å². The predicted octanol–water partition coefficient (Wildman–Crippen LogP) is 1.99. The maximum atomic E-state index is 5.40. The number of nitrogens with zero attached hydrogens (tertiary/aromatic N) is 3. The number of hydrogen-bond donors (Lipinski definition) is 2. The minimum absolute atomic E-state index is 0.515. The Kier molecular flexibility index (Phi) is 3.76. The SMILES string of the molecule is CCc1c(NC)ncnc1NCc1ncc(C)o1. The third-order valence-corrected chi connectivity index (χ3v) is 2.61. The Balaban J connectivity index is 2.13. The van der Waals surface area contributed by atoms with E-state index >= 15 is 0 Å². The molecule has 6 nitrogen and oxygen atoms in total. The van der Waals surface area contributed by atoms with E-state index in [-0.39, 0.29) is 0 Å². The highest BCUT2D eigenvalue weighted by molar-refractivity contribution is 5.56. The van der Waals surface area contributed by atoms with E-state index in [4.69, 9.17) is 4.42 Å². The minimum Gasteiger partial charge on any atom is -0.444 e. The molecule has 0 atom stereocenters. The van der Waals surface area contributed by atoms with Crippen LogP contribution < -0.4 is 10.6 Å². The zero-order chi connectivity index (χ0) is 13.0. The van der Waals surface area contributed by atoms with Gasteiger partial charge in [0, 0.05) is 12.6 Å². The Morgan fingerprint density at radius 2 is 2.00 bits per heavy atom. The molecular formula is C12H17N5O. The van der Waals surface area contributed by atoms with E-state index in [2.05, 4.69) is 32.5 Å². The second kappa shape index (κ2) is 5.48. The van der Waals surface area contributed by atoms with Gasteiger partial charge in [0.1, 0.15) is 23.7 Å².